The molecule has 4 nitrogen and oxygen atoms in total. The van der Waals surface area contributed by atoms with Crippen LogP contribution in [0.1, 0.15) is 18.9 Å². The highest BCUT2D eigenvalue weighted by atomic mass is 32.2. The van der Waals surface area contributed by atoms with Crippen LogP contribution in [0.25, 0.3) is 0 Å². The molecule has 0 spiro atoms. The van der Waals surface area contributed by atoms with Crippen LogP contribution in [-0.4, -0.2) is 27.9 Å². The lowest BCUT2D eigenvalue weighted by atomic mass is 10.1. The molecule has 2 N–H and O–H groups in total. The van der Waals surface area contributed by atoms with Crippen molar-refractivity contribution in [2.24, 2.45) is 0 Å². The quantitative estimate of drug-likeness (QED) is 0.820. The summed E-state index contributed by atoms with van der Waals surface area (Å²) in [6.45, 7) is 1.91. The predicted octanol–water partition coefficient (Wildman–Crippen LogP) is 0.868. The summed E-state index contributed by atoms with van der Waals surface area (Å²) >= 11 is 1.54. The van der Waals surface area contributed by atoms with E-state index in [0.717, 1.165) is 5.56 Å². The zero-order valence-electron chi connectivity index (χ0n) is 9.01. The molecule has 2 atom stereocenters. The van der Waals surface area contributed by atoms with E-state index in [1.54, 1.807) is 12.4 Å². The minimum absolute atomic E-state index is 0.0160. The minimum atomic E-state index is -0.514. The number of pyridine rings is 1. The fourth-order valence-electron chi connectivity index (χ4n) is 1.85. The zero-order valence-corrected chi connectivity index (χ0v) is 9.83. The lowest BCUT2D eigenvalue weighted by molar-refractivity contribution is -0.120. The Morgan fingerprint density at radius 1 is 1.69 bits per heavy atom. The topological polar surface area (TPSA) is 62.2 Å². The van der Waals surface area contributed by atoms with E-state index in [4.69, 9.17) is 5.11 Å². The largest absolute Gasteiger partial charge is 0.396 e. The second kappa shape index (κ2) is 4.43. The fourth-order valence-corrected chi connectivity index (χ4v) is 3.25. The first kappa shape index (κ1) is 11.4. The first-order valence-corrected chi connectivity index (χ1v) is 6.07. The number of amides is 1. The molecule has 16 heavy (non-hydrogen) atoms. The molecule has 0 bridgehead atoms. The van der Waals surface area contributed by atoms with Crippen molar-refractivity contribution in [3.63, 3.8) is 0 Å². The monoisotopic (exact) mass is 238 g/mol. The standard InChI is InChI=1S/C11H14N2O2S/c1-8-10(15)13-11(16-8,4-6-14)9-3-2-5-12-7-9/h2-3,5,7-8,14H,4,6H2,1H3,(H,13,15). The summed E-state index contributed by atoms with van der Waals surface area (Å²) in [4.78, 5) is 15.1. The van der Waals surface area contributed by atoms with Crippen LogP contribution in [0.5, 0.6) is 0 Å². The minimum Gasteiger partial charge on any atom is -0.396 e. The van der Waals surface area contributed by atoms with E-state index in [0.29, 0.717) is 6.42 Å². The average molecular weight is 238 g/mol. The third-order valence-corrected chi connectivity index (χ3v) is 4.18. The Hall–Kier alpha value is -1.07. The molecule has 1 amide bonds. The number of aromatic nitrogens is 1. The number of nitrogens with zero attached hydrogens (tertiary/aromatic N) is 1. The highest BCUT2D eigenvalue weighted by Gasteiger charge is 2.43. The van der Waals surface area contributed by atoms with Gasteiger partial charge < -0.3 is 10.4 Å². The van der Waals surface area contributed by atoms with Gasteiger partial charge in [0, 0.05) is 31.0 Å². The summed E-state index contributed by atoms with van der Waals surface area (Å²) < 4.78 is 0. The van der Waals surface area contributed by atoms with Crippen molar-refractivity contribution in [1.82, 2.24) is 10.3 Å². The maximum absolute atomic E-state index is 11.6. The Morgan fingerprint density at radius 3 is 3.00 bits per heavy atom. The second-order valence-electron chi connectivity index (χ2n) is 3.79. The molecule has 2 heterocycles. The molecule has 0 aromatic carbocycles. The molecule has 2 rings (SSSR count). The van der Waals surface area contributed by atoms with Crippen LogP contribution >= 0.6 is 11.8 Å². The number of carbonyl (C=O) groups is 1. The van der Waals surface area contributed by atoms with Crippen LogP contribution in [0.15, 0.2) is 24.5 Å². The van der Waals surface area contributed by atoms with Crippen LogP contribution in [0.3, 0.4) is 0 Å². The van der Waals surface area contributed by atoms with E-state index in [1.165, 1.54) is 11.8 Å². The van der Waals surface area contributed by atoms with Crippen molar-refractivity contribution in [3.05, 3.63) is 30.1 Å². The molecule has 1 fully saturated rings. The molecule has 1 aliphatic heterocycles. The molecule has 0 saturated carbocycles. The number of aliphatic hydroxyl groups excluding tert-OH is 1. The van der Waals surface area contributed by atoms with Gasteiger partial charge in [0.15, 0.2) is 0 Å². The van der Waals surface area contributed by atoms with Gasteiger partial charge in [0.2, 0.25) is 5.91 Å². The van der Waals surface area contributed by atoms with Crippen molar-refractivity contribution >= 4 is 17.7 Å². The fraction of sp³-hybridized carbons (Fsp3) is 0.455. The number of hydrogen-bond acceptors (Lipinski definition) is 4. The molecule has 1 aliphatic rings. The third-order valence-electron chi connectivity index (χ3n) is 2.66. The van der Waals surface area contributed by atoms with E-state index >= 15 is 0 Å². The third kappa shape index (κ3) is 1.92. The zero-order chi connectivity index (χ0) is 11.6. The molecule has 2 unspecified atom stereocenters. The molecule has 1 aromatic rings. The summed E-state index contributed by atoms with van der Waals surface area (Å²) in [5.41, 5.74) is 0.937. The van der Waals surface area contributed by atoms with E-state index in [1.807, 2.05) is 19.1 Å². The van der Waals surface area contributed by atoms with Gasteiger partial charge in [-0.3, -0.25) is 9.78 Å². The van der Waals surface area contributed by atoms with Gasteiger partial charge in [-0.2, -0.15) is 0 Å². The van der Waals surface area contributed by atoms with Crippen molar-refractivity contribution in [2.75, 3.05) is 6.61 Å². The molecular formula is C11H14N2O2S. The molecule has 86 valence electrons. The first-order chi connectivity index (χ1) is 7.68. The summed E-state index contributed by atoms with van der Waals surface area (Å²) in [5, 5.41) is 12.0. The van der Waals surface area contributed by atoms with E-state index < -0.39 is 4.87 Å². The smallest absolute Gasteiger partial charge is 0.234 e. The summed E-state index contributed by atoms with van der Waals surface area (Å²) in [6, 6.07) is 3.76. The van der Waals surface area contributed by atoms with Crippen molar-refractivity contribution < 1.29 is 9.90 Å². The van der Waals surface area contributed by atoms with Gasteiger partial charge >= 0.3 is 0 Å². The molecule has 0 aliphatic carbocycles. The van der Waals surface area contributed by atoms with Gasteiger partial charge in [0.05, 0.1) is 5.25 Å². The van der Waals surface area contributed by atoms with E-state index in [-0.39, 0.29) is 17.8 Å². The first-order valence-electron chi connectivity index (χ1n) is 5.19. The van der Waals surface area contributed by atoms with Crippen LogP contribution in [0.2, 0.25) is 0 Å². The predicted molar refractivity (Wildman–Crippen MR) is 62.8 cm³/mol. The van der Waals surface area contributed by atoms with Gasteiger partial charge in [-0.25, -0.2) is 0 Å². The van der Waals surface area contributed by atoms with Crippen LogP contribution < -0.4 is 5.32 Å². The highest BCUT2D eigenvalue weighted by molar-refractivity contribution is 8.02. The number of aliphatic hydroxyl groups is 1. The molecule has 0 radical (unpaired) electrons. The number of rotatable bonds is 3. The van der Waals surface area contributed by atoms with Crippen molar-refractivity contribution in [2.45, 2.75) is 23.5 Å². The lowest BCUT2D eigenvalue weighted by Gasteiger charge is -2.27. The number of carbonyl (C=O) groups excluding carboxylic acids is 1. The Bertz CT molecular complexity index is 385. The highest BCUT2D eigenvalue weighted by Crippen LogP contribution is 2.43. The van der Waals surface area contributed by atoms with Crippen LogP contribution in [0, 0.1) is 0 Å². The normalized spacial score (nSPS) is 29.1. The molecule has 1 saturated heterocycles. The van der Waals surface area contributed by atoms with Gasteiger partial charge in [-0.15, -0.1) is 11.8 Å². The summed E-state index contributed by atoms with van der Waals surface area (Å²) in [7, 11) is 0. The number of thioether (sulfide) groups is 1. The number of nitrogens with one attached hydrogen (secondary N) is 1. The Kier molecular flexibility index (Phi) is 3.16. The van der Waals surface area contributed by atoms with Gasteiger partial charge in [0.25, 0.3) is 0 Å². The van der Waals surface area contributed by atoms with Gasteiger partial charge in [-0.1, -0.05) is 6.07 Å². The Balaban J connectivity index is 2.34. The van der Waals surface area contributed by atoms with Gasteiger partial charge in [-0.05, 0) is 13.0 Å². The Labute approximate surface area is 98.5 Å². The van der Waals surface area contributed by atoms with E-state index in [2.05, 4.69) is 10.3 Å². The lowest BCUT2D eigenvalue weighted by Crippen LogP contribution is -2.38. The maximum Gasteiger partial charge on any atom is 0.234 e. The Morgan fingerprint density at radius 2 is 2.50 bits per heavy atom. The van der Waals surface area contributed by atoms with E-state index in [9.17, 15) is 4.79 Å². The van der Waals surface area contributed by atoms with Crippen molar-refractivity contribution in [1.29, 1.82) is 0 Å². The SMILES string of the molecule is CC1SC(CCO)(c2cccnc2)NC1=O. The number of hydrogen-bond donors (Lipinski definition) is 2. The maximum atomic E-state index is 11.6. The summed E-state index contributed by atoms with van der Waals surface area (Å²) in [5.74, 6) is 0.0160. The summed E-state index contributed by atoms with van der Waals surface area (Å²) in [6.07, 6.45) is 3.93. The van der Waals surface area contributed by atoms with Crippen LogP contribution in [0.4, 0.5) is 0 Å². The molecular weight excluding hydrogens is 224 g/mol. The molecule has 1 aromatic heterocycles. The second-order valence-corrected chi connectivity index (χ2v) is 5.43. The van der Waals surface area contributed by atoms with Crippen molar-refractivity contribution in [3.8, 4) is 0 Å². The van der Waals surface area contributed by atoms with Gasteiger partial charge in [0.1, 0.15) is 4.87 Å². The van der Waals surface area contributed by atoms with Crippen LogP contribution in [-0.2, 0) is 9.67 Å². The average Bonchev–Trinajstić information content (AvgIpc) is 2.57. The molecule has 5 heteroatoms.